The van der Waals surface area contributed by atoms with Crippen molar-refractivity contribution in [3.05, 3.63) is 54.6 Å². The number of carbonyl (C=O) groups excluding carboxylic acids is 1. The molecule has 2 aromatic carbocycles. The van der Waals surface area contributed by atoms with Crippen LogP contribution >= 0.6 is 0 Å². The largest absolute Gasteiger partial charge is 0.369 e. The highest BCUT2D eigenvalue weighted by Gasteiger charge is 2.32. The number of rotatable bonds is 4. The minimum absolute atomic E-state index is 0.00212. The van der Waals surface area contributed by atoms with Crippen LogP contribution in [0.5, 0.6) is 0 Å². The predicted octanol–water partition coefficient (Wildman–Crippen LogP) is 3.36. The molecule has 0 saturated heterocycles. The Morgan fingerprint density at radius 3 is 2.56 bits per heavy atom. The Hall–Kier alpha value is -2.95. The summed E-state index contributed by atoms with van der Waals surface area (Å²) in [7, 11) is 0. The lowest BCUT2D eigenvalue weighted by atomic mass is 10.0. The van der Waals surface area contributed by atoms with Gasteiger partial charge in [0.05, 0.1) is 17.1 Å². The van der Waals surface area contributed by atoms with Gasteiger partial charge < -0.3 is 11.1 Å². The Balaban J connectivity index is 1.76. The number of nitrogens with one attached hydrogen (secondary N) is 1. The molecule has 0 aliphatic heterocycles. The molecule has 1 saturated carbocycles. The van der Waals surface area contributed by atoms with E-state index in [1.807, 2.05) is 54.6 Å². The number of aromatic nitrogens is 2. The number of para-hydroxylation sites is 1. The summed E-state index contributed by atoms with van der Waals surface area (Å²) in [5.74, 6) is 0.144. The molecule has 4 rings (SSSR count). The fourth-order valence-corrected chi connectivity index (χ4v) is 3.60. The maximum atomic E-state index is 11.6. The molecule has 25 heavy (non-hydrogen) atoms. The van der Waals surface area contributed by atoms with Crippen LogP contribution in [-0.4, -0.2) is 21.9 Å². The molecule has 1 fully saturated rings. The SMILES string of the molecule is NC(=O)C1CCCC1Nc1nc(-c2ccccc2)c2ccccc2n1. The molecule has 1 heterocycles. The van der Waals surface area contributed by atoms with Gasteiger partial charge in [0.1, 0.15) is 0 Å². The number of carbonyl (C=O) groups is 1. The maximum Gasteiger partial charge on any atom is 0.224 e. The van der Waals surface area contributed by atoms with E-state index < -0.39 is 0 Å². The Bertz CT molecular complexity index is 910. The van der Waals surface area contributed by atoms with Crippen molar-refractivity contribution >= 4 is 22.8 Å². The van der Waals surface area contributed by atoms with Gasteiger partial charge >= 0.3 is 0 Å². The highest BCUT2D eigenvalue weighted by molar-refractivity contribution is 5.93. The second-order valence-corrected chi connectivity index (χ2v) is 6.47. The van der Waals surface area contributed by atoms with E-state index in [-0.39, 0.29) is 17.9 Å². The van der Waals surface area contributed by atoms with Gasteiger partial charge in [-0.05, 0) is 18.9 Å². The first kappa shape index (κ1) is 15.6. The lowest BCUT2D eigenvalue weighted by Crippen LogP contribution is -2.34. The molecule has 1 aromatic heterocycles. The smallest absolute Gasteiger partial charge is 0.224 e. The van der Waals surface area contributed by atoms with Gasteiger partial charge in [-0.2, -0.15) is 0 Å². The van der Waals surface area contributed by atoms with Crippen LogP contribution in [0, 0.1) is 5.92 Å². The fourth-order valence-electron chi connectivity index (χ4n) is 3.60. The summed E-state index contributed by atoms with van der Waals surface area (Å²) in [5.41, 5.74) is 8.35. The fraction of sp³-hybridized carbons (Fsp3) is 0.250. The minimum atomic E-state index is -0.251. The molecule has 1 amide bonds. The van der Waals surface area contributed by atoms with Crippen molar-refractivity contribution in [1.29, 1.82) is 0 Å². The van der Waals surface area contributed by atoms with Crippen molar-refractivity contribution in [3.63, 3.8) is 0 Å². The zero-order chi connectivity index (χ0) is 17.2. The second kappa shape index (κ2) is 6.51. The van der Waals surface area contributed by atoms with Crippen LogP contribution < -0.4 is 11.1 Å². The van der Waals surface area contributed by atoms with Gasteiger partial charge in [0.25, 0.3) is 0 Å². The van der Waals surface area contributed by atoms with E-state index in [4.69, 9.17) is 10.7 Å². The van der Waals surface area contributed by atoms with Crippen molar-refractivity contribution in [2.75, 3.05) is 5.32 Å². The average Bonchev–Trinajstić information content (AvgIpc) is 3.10. The van der Waals surface area contributed by atoms with Crippen LogP contribution in [-0.2, 0) is 4.79 Å². The number of fused-ring (bicyclic) bond motifs is 1. The number of primary amides is 1. The van der Waals surface area contributed by atoms with Crippen LogP contribution in [0.15, 0.2) is 54.6 Å². The van der Waals surface area contributed by atoms with Crippen LogP contribution in [0.1, 0.15) is 19.3 Å². The summed E-state index contributed by atoms with van der Waals surface area (Å²) in [6, 6.07) is 18.0. The van der Waals surface area contributed by atoms with Gasteiger partial charge in [0.2, 0.25) is 11.9 Å². The number of anilines is 1. The quantitative estimate of drug-likeness (QED) is 0.767. The molecular formula is C20H20N4O. The van der Waals surface area contributed by atoms with Gasteiger partial charge in [-0.15, -0.1) is 0 Å². The first-order chi connectivity index (χ1) is 12.2. The summed E-state index contributed by atoms with van der Waals surface area (Å²) >= 11 is 0. The van der Waals surface area contributed by atoms with E-state index in [0.717, 1.165) is 41.4 Å². The van der Waals surface area contributed by atoms with E-state index >= 15 is 0 Å². The van der Waals surface area contributed by atoms with E-state index in [1.54, 1.807) is 0 Å². The number of benzene rings is 2. The molecule has 1 aliphatic carbocycles. The Morgan fingerprint density at radius 2 is 1.76 bits per heavy atom. The summed E-state index contributed by atoms with van der Waals surface area (Å²) in [6.07, 6.45) is 2.72. The van der Waals surface area contributed by atoms with Gasteiger partial charge in [0, 0.05) is 17.0 Å². The Morgan fingerprint density at radius 1 is 1.00 bits per heavy atom. The summed E-state index contributed by atoms with van der Waals surface area (Å²) in [6.45, 7) is 0. The van der Waals surface area contributed by atoms with Crippen molar-refractivity contribution in [2.24, 2.45) is 11.7 Å². The average molecular weight is 332 g/mol. The van der Waals surface area contributed by atoms with Crippen molar-refractivity contribution < 1.29 is 4.79 Å². The zero-order valence-electron chi connectivity index (χ0n) is 13.9. The number of nitrogens with two attached hydrogens (primary N) is 1. The van der Waals surface area contributed by atoms with Crippen molar-refractivity contribution in [3.8, 4) is 11.3 Å². The molecule has 2 unspecified atom stereocenters. The molecular weight excluding hydrogens is 312 g/mol. The van der Waals surface area contributed by atoms with E-state index in [1.165, 1.54) is 0 Å². The van der Waals surface area contributed by atoms with Crippen molar-refractivity contribution in [2.45, 2.75) is 25.3 Å². The molecule has 0 radical (unpaired) electrons. The summed E-state index contributed by atoms with van der Waals surface area (Å²) in [4.78, 5) is 21.0. The molecule has 1 aliphatic rings. The third-order valence-electron chi connectivity index (χ3n) is 4.85. The van der Waals surface area contributed by atoms with Gasteiger partial charge in [-0.3, -0.25) is 4.79 Å². The standard InChI is InChI=1S/C20H20N4O/c21-19(25)15-10-6-12-17(15)23-20-22-16-11-5-4-9-14(16)18(24-20)13-7-2-1-3-8-13/h1-5,7-9,11,15,17H,6,10,12H2,(H2,21,25)(H,22,23,24). The minimum Gasteiger partial charge on any atom is -0.369 e. The normalized spacial score (nSPS) is 19.8. The maximum absolute atomic E-state index is 11.6. The number of hydrogen-bond donors (Lipinski definition) is 2. The van der Waals surface area contributed by atoms with Gasteiger partial charge in [-0.25, -0.2) is 9.97 Å². The summed E-state index contributed by atoms with van der Waals surface area (Å²) < 4.78 is 0. The van der Waals surface area contributed by atoms with Crippen molar-refractivity contribution in [1.82, 2.24) is 9.97 Å². The topological polar surface area (TPSA) is 80.9 Å². The summed E-state index contributed by atoms with van der Waals surface area (Å²) in [5, 5.41) is 4.36. The first-order valence-electron chi connectivity index (χ1n) is 8.60. The lowest BCUT2D eigenvalue weighted by molar-refractivity contribution is -0.121. The van der Waals surface area contributed by atoms with Crippen LogP contribution in [0.25, 0.3) is 22.2 Å². The molecule has 0 bridgehead atoms. The predicted molar refractivity (Wildman–Crippen MR) is 98.9 cm³/mol. The van der Waals surface area contributed by atoms with Gasteiger partial charge in [-0.1, -0.05) is 55.0 Å². The highest BCUT2D eigenvalue weighted by atomic mass is 16.1. The Labute approximate surface area is 146 Å². The first-order valence-corrected chi connectivity index (χ1v) is 8.60. The molecule has 0 spiro atoms. The number of nitrogens with zero attached hydrogens (tertiary/aromatic N) is 2. The molecule has 126 valence electrons. The highest BCUT2D eigenvalue weighted by Crippen LogP contribution is 2.30. The third-order valence-corrected chi connectivity index (χ3v) is 4.85. The zero-order valence-corrected chi connectivity index (χ0v) is 13.9. The molecule has 5 heteroatoms. The Kier molecular flexibility index (Phi) is 4.06. The molecule has 2 atom stereocenters. The van der Waals surface area contributed by atoms with Gasteiger partial charge in [0.15, 0.2) is 0 Å². The molecule has 3 N–H and O–H groups in total. The van der Waals surface area contributed by atoms with Crippen LogP contribution in [0.2, 0.25) is 0 Å². The lowest BCUT2D eigenvalue weighted by Gasteiger charge is -2.19. The van der Waals surface area contributed by atoms with Crippen LogP contribution in [0.3, 0.4) is 0 Å². The number of hydrogen-bond acceptors (Lipinski definition) is 4. The van der Waals surface area contributed by atoms with E-state index in [0.29, 0.717) is 5.95 Å². The molecule has 3 aromatic rings. The third kappa shape index (κ3) is 3.05. The molecule has 5 nitrogen and oxygen atoms in total. The van der Waals surface area contributed by atoms with Crippen LogP contribution in [0.4, 0.5) is 5.95 Å². The monoisotopic (exact) mass is 332 g/mol. The second-order valence-electron chi connectivity index (χ2n) is 6.47. The number of amides is 1. The van der Waals surface area contributed by atoms with E-state index in [2.05, 4.69) is 10.3 Å². The van der Waals surface area contributed by atoms with E-state index in [9.17, 15) is 4.79 Å².